The fraction of sp³-hybridized carbons (Fsp3) is 0.400. The summed E-state index contributed by atoms with van der Waals surface area (Å²) in [5.74, 6) is -5.56. The third-order valence-electron chi connectivity index (χ3n) is 5.79. The fourth-order valence-electron chi connectivity index (χ4n) is 4.09. The van der Waals surface area contributed by atoms with Gasteiger partial charge in [0, 0.05) is 44.1 Å². The number of fused-ring (bicyclic) bond motifs is 3. The van der Waals surface area contributed by atoms with Crippen LogP contribution in [0, 0.1) is 17.5 Å². The normalized spacial score (nSPS) is 25.8. The van der Waals surface area contributed by atoms with Gasteiger partial charge in [0.15, 0.2) is 5.76 Å². The van der Waals surface area contributed by atoms with Crippen LogP contribution >= 0.6 is 0 Å². The van der Waals surface area contributed by atoms with Crippen molar-refractivity contribution < 1.29 is 37.7 Å². The van der Waals surface area contributed by atoms with Crippen LogP contribution < -0.4 is 5.32 Å². The Balaban J connectivity index is 1.60. The summed E-state index contributed by atoms with van der Waals surface area (Å²) in [6.45, 7) is 0.0764. The highest BCUT2D eigenvalue weighted by atomic mass is 19.1. The van der Waals surface area contributed by atoms with Gasteiger partial charge < -0.3 is 30.1 Å². The van der Waals surface area contributed by atoms with Crippen LogP contribution in [0.25, 0.3) is 0 Å². The molecule has 0 aliphatic carbocycles. The molecule has 3 aliphatic rings. The number of nitrogens with one attached hydrogen (secondary N) is 1. The Labute approximate surface area is 175 Å². The Morgan fingerprint density at radius 2 is 1.94 bits per heavy atom. The lowest BCUT2D eigenvalue weighted by molar-refractivity contribution is -0.141. The van der Waals surface area contributed by atoms with E-state index < -0.39 is 53.2 Å². The van der Waals surface area contributed by atoms with E-state index in [1.54, 1.807) is 7.05 Å². The van der Waals surface area contributed by atoms with Crippen molar-refractivity contribution in [3.05, 3.63) is 58.4 Å². The lowest BCUT2D eigenvalue weighted by Gasteiger charge is -2.50. The van der Waals surface area contributed by atoms with E-state index in [1.807, 2.05) is 0 Å². The van der Waals surface area contributed by atoms with Crippen molar-refractivity contribution in [2.24, 2.45) is 0 Å². The summed E-state index contributed by atoms with van der Waals surface area (Å²) < 4.78 is 46.1. The topological polar surface area (TPSA) is 102 Å². The largest absolute Gasteiger partial charge is 0.507 e. The molecule has 2 saturated heterocycles. The zero-order valence-electron chi connectivity index (χ0n) is 16.4. The lowest BCUT2D eigenvalue weighted by Crippen LogP contribution is -2.63. The number of halogens is 3. The van der Waals surface area contributed by atoms with Crippen LogP contribution in [-0.2, 0) is 20.9 Å². The number of ether oxygens (including phenoxy) is 1. The second kappa shape index (κ2) is 7.89. The average molecular weight is 439 g/mol. The molecule has 2 amide bonds. The van der Waals surface area contributed by atoms with E-state index in [0.717, 1.165) is 0 Å². The van der Waals surface area contributed by atoms with Crippen molar-refractivity contribution in [3.8, 4) is 0 Å². The molecule has 1 aromatic carbocycles. The van der Waals surface area contributed by atoms with E-state index in [2.05, 4.69) is 5.32 Å². The first-order valence-corrected chi connectivity index (χ1v) is 9.58. The molecule has 166 valence electrons. The SMILES string of the molecule is CN1C(=O)C2=C(O)C(O)C(C(=O)NCc3c(F)cc(F)cc3F)=CN2[C@H]2CCOCC21. The molecule has 0 spiro atoms. The summed E-state index contributed by atoms with van der Waals surface area (Å²) in [7, 11) is 1.57. The maximum atomic E-state index is 13.8. The summed E-state index contributed by atoms with van der Waals surface area (Å²) in [5, 5.41) is 23.2. The highest BCUT2D eigenvalue weighted by Gasteiger charge is 2.48. The number of aliphatic hydroxyl groups excluding tert-OH is 2. The monoisotopic (exact) mass is 439 g/mol. The predicted molar refractivity (Wildman–Crippen MR) is 99.5 cm³/mol. The molecule has 0 radical (unpaired) electrons. The number of hydrogen-bond acceptors (Lipinski definition) is 6. The van der Waals surface area contributed by atoms with Gasteiger partial charge in [-0.2, -0.15) is 0 Å². The van der Waals surface area contributed by atoms with Crippen LogP contribution in [0.4, 0.5) is 13.2 Å². The minimum absolute atomic E-state index is 0.134. The molecule has 4 rings (SSSR count). The molecule has 31 heavy (non-hydrogen) atoms. The zero-order chi connectivity index (χ0) is 22.4. The molecule has 11 heteroatoms. The molecule has 3 atom stereocenters. The molecule has 3 aliphatic heterocycles. The first-order chi connectivity index (χ1) is 14.7. The smallest absolute Gasteiger partial charge is 0.274 e. The van der Waals surface area contributed by atoms with Gasteiger partial charge in [0.25, 0.3) is 11.8 Å². The summed E-state index contributed by atoms with van der Waals surface area (Å²) in [5.41, 5.74) is -0.988. The molecule has 3 heterocycles. The van der Waals surface area contributed by atoms with E-state index in [1.165, 1.54) is 16.0 Å². The Kier molecular flexibility index (Phi) is 5.40. The van der Waals surface area contributed by atoms with Gasteiger partial charge in [0.2, 0.25) is 0 Å². The number of amides is 2. The molecule has 0 saturated carbocycles. The third kappa shape index (κ3) is 3.53. The fourth-order valence-corrected chi connectivity index (χ4v) is 4.09. The van der Waals surface area contributed by atoms with Gasteiger partial charge in [-0.3, -0.25) is 9.59 Å². The number of carbonyl (C=O) groups excluding carboxylic acids is 2. The number of carbonyl (C=O) groups is 2. The number of rotatable bonds is 3. The van der Waals surface area contributed by atoms with Crippen LogP contribution in [0.2, 0.25) is 0 Å². The number of benzene rings is 1. The van der Waals surface area contributed by atoms with Crippen LogP contribution in [-0.4, -0.2) is 70.3 Å². The number of likely N-dealkylation sites (N-methyl/N-ethyl adjacent to an activating group) is 1. The third-order valence-corrected chi connectivity index (χ3v) is 5.79. The number of piperazine rings is 1. The van der Waals surface area contributed by atoms with Crippen LogP contribution in [0.3, 0.4) is 0 Å². The second-order valence-corrected chi connectivity index (χ2v) is 7.57. The number of nitrogens with zero attached hydrogens (tertiary/aromatic N) is 2. The molecule has 3 N–H and O–H groups in total. The molecule has 0 aromatic heterocycles. The Bertz CT molecular complexity index is 989. The standard InChI is InChI=1S/C20H20F3N3O5/c1-25-15-8-31-3-2-14(15)26-7-11(17(27)18(28)16(26)20(25)30)19(29)24-6-10-12(22)4-9(21)5-13(10)23/h4-5,7,14-15,17,27-28H,2-3,6,8H2,1H3,(H,24,29)/t14-,15?,17?/m0/s1. The maximum absolute atomic E-state index is 13.8. The Hall–Kier alpha value is -3.05. The quantitative estimate of drug-likeness (QED) is 0.640. The van der Waals surface area contributed by atoms with Crippen molar-refractivity contribution in [1.29, 1.82) is 0 Å². The molecule has 2 fully saturated rings. The molecule has 2 unspecified atom stereocenters. The van der Waals surface area contributed by atoms with Crippen LogP contribution in [0.5, 0.6) is 0 Å². The molecule has 0 bridgehead atoms. The van der Waals surface area contributed by atoms with Crippen molar-refractivity contribution in [2.45, 2.75) is 31.2 Å². The van der Waals surface area contributed by atoms with Crippen LogP contribution in [0.15, 0.2) is 35.4 Å². The first kappa shape index (κ1) is 21.2. The zero-order valence-corrected chi connectivity index (χ0v) is 16.4. The summed E-state index contributed by atoms with van der Waals surface area (Å²) in [6, 6.07) is 0.356. The Morgan fingerprint density at radius 1 is 1.26 bits per heavy atom. The van der Waals surface area contributed by atoms with Crippen molar-refractivity contribution in [1.82, 2.24) is 15.1 Å². The summed E-state index contributed by atoms with van der Waals surface area (Å²) in [6.07, 6.45) is -0.0322. The van der Waals surface area contributed by atoms with E-state index in [4.69, 9.17) is 4.74 Å². The van der Waals surface area contributed by atoms with E-state index in [-0.39, 0.29) is 30.0 Å². The van der Waals surface area contributed by atoms with Crippen molar-refractivity contribution >= 4 is 11.8 Å². The van der Waals surface area contributed by atoms with Crippen molar-refractivity contribution in [3.63, 3.8) is 0 Å². The molecular weight excluding hydrogens is 419 g/mol. The van der Waals surface area contributed by atoms with Gasteiger partial charge in [0.1, 0.15) is 29.3 Å². The van der Waals surface area contributed by atoms with Gasteiger partial charge >= 0.3 is 0 Å². The predicted octanol–water partition coefficient (Wildman–Crippen LogP) is 0.680. The molecule has 1 aromatic rings. The highest BCUT2D eigenvalue weighted by molar-refractivity contribution is 5.99. The van der Waals surface area contributed by atoms with Gasteiger partial charge in [-0.05, 0) is 6.42 Å². The van der Waals surface area contributed by atoms with E-state index >= 15 is 0 Å². The average Bonchev–Trinajstić information content (AvgIpc) is 2.73. The summed E-state index contributed by atoms with van der Waals surface area (Å²) >= 11 is 0. The molecular formula is C20H20F3N3O5. The minimum Gasteiger partial charge on any atom is -0.507 e. The van der Waals surface area contributed by atoms with Crippen LogP contribution in [0.1, 0.15) is 12.0 Å². The minimum atomic E-state index is -1.80. The Morgan fingerprint density at radius 3 is 2.61 bits per heavy atom. The lowest BCUT2D eigenvalue weighted by atomic mass is 9.91. The second-order valence-electron chi connectivity index (χ2n) is 7.57. The van der Waals surface area contributed by atoms with Gasteiger partial charge in [-0.25, -0.2) is 13.2 Å². The summed E-state index contributed by atoms with van der Waals surface area (Å²) in [4.78, 5) is 28.3. The van der Waals surface area contributed by atoms with E-state index in [9.17, 15) is 33.0 Å². The highest BCUT2D eigenvalue weighted by Crippen LogP contribution is 2.36. The van der Waals surface area contributed by atoms with Gasteiger partial charge in [0.05, 0.1) is 24.3 Å². The first-order valence-electron chi connectivity index (χ1n) is 9.58. The maximum Gasteiger partial charge on any atom is 0.274 e. The van der Waals surface area contributed by atoms with E-state index in [0.29, 0.717) is 25.2 Å². The number of aliphatic hydroxyl groups is 2. The molecule has 8 nitrogen and oxygen atoms in total. The van der Waals surface area contributed by atoms with Gasteiger partial charge in [-0.1, -0.05) is 0 Å². The van der Waals surface area contributed by atoms with Crippen molar-refractivity contribution in [2.75, 3.05) is 20.3 Å². The van der Waals surface area contributed by atoms with Gasteiger partial charge in [-0.15, -0.1) is 0 Å². The number of hydrogen-bond donors (Lipinski definition) is 3.